The SMILES string of the molecule is O=C(O)OCc1ccccc1SS. The summed E-state index contributed by atoms with van der Waals surface area (Å²) in [7, 11) is 1.27. The Balaban J connectivity index is 2.69. The van der Waals surface area contributed by atoms with Gasteiger partial charge in [-0.2, -0.15) is 0 Å². The normalized spacial score (nSPS) is 9.62. The van der Waals surface area contributed by atoms with E-state index in [0.29, 0.717) is 0 Å². The van der Waals surface area contributed by atoms with Crippen LogP contribution >= 0.6 is 22.5 Å². The van der Waals surface area contributed by atoms with E-state index >= 15 is 0 Å². The fraction of sp³-hybridized carbons (Fsp3) is 0.125. The monoisotopic (exact) mass is 216 g/mol. The Morgan fingerprint density at radius 1 is 1.54 bits per heavy atom. The maximum atomic E-state index is 10.1. The van der Waals surface area contributed by atoms with E-state index in [0.717, 1.165) is 10.5 Å². The Morgan fingerprint density at radius 3 is 2.85 bits per heavy atom. The highest BCUT2D eigenvalue weighted by molar-refractivity contribution is 8.68. The van der Waals surface area contributed by atoms with Crippen molar-refractivity contribution in [2.75, 3.05) is 0 Å². The Hall–Kier alpha value is -0.810. The standard InChI is InChI=1S/C8H8O3S2/c9-8(10)11-5-6-3-1-2-4-7(6)13-12/h1-4,12H,5H2,(H,9,10). The topological polar surface area (TPSA) is 46.5 Å². The molecule has 0 unspecified atom stereocenters. The molecule has 0 spiro atoms. The highest BCUT2D eigenvalue weighted by atomic mass is 33.1. The molecule has 1 N–H and O–H groups in total. The molecule has 70 valence electrons. The number of ether oxygens (including phenoxy) is 1. The Labute approximate surface area is 84.9 Å². The quantitative estimate of drug-likeness (QED) is 0.463. The average Bonchev–Trinajstić information content (AvgIpc) is 2.15. The second-order valence-electron chi connectivity index (χ2n) is 2.25. The molecule has 0 heterocycles. The zero-order valence-corrected chi connectivity index (χ0v) is 8.35. The van der Waals surface area contributed by atoms with Gasteiger partial charge in [-0.1, -0.05) is 29.0 Å². The number of thiol groups is 1. The van der Waals surface area contributed by atoms with E-state index in [9.17, 15) is 4.79 Å². The van der Waals surface area contributed by atoms with Crippen molar-refractivity contribution in [3.05, 3.63) is 29.8 Å². The van der Waals surface area contributed by atoms with Gasteiger partial charge in [0.15, 0.2) is 0 Å². The lowest BCUT2D eigenvalue weighted by molar-refractivity contribution is 0.0847. The molecule has 0 aliphatic heterocycles. The molecule has 0 aromatic heterocycles. The summed E-state index contributed by atoms with van der Waals surface area (Å²) >= 11 is 4.04. The Morgan fingerprint density at radius 2 is 2.23 bits per heavy atom. The first-order valence-electron chi connectivity index (χ1n) is 3.49. The minimum Gasteiger partial charge on any atom is -0.450 e. The van der Waals surface area contributed by atoms with Crippen LogP contribution in [0.5, 0.6) is 0 Å². The first kappa shape index (κ1) is 10.3. The van der Waals surface area contributed by atoms with Crippen molar-refractivity contribution in [1.82, 2.24) is 0 Å². The van der Waals surface area contributed by atoms with E-state index in [-0.39, 0.29) is 6.61 Å². The van der Waals surface area contributed by atoms with Gasteiger partial charge in [0.2, 0.25) is 0 Å². The van der Waals surface area contributed by atoms with E-state index < -0.39 is 6.16 Å². The summed E-state index contributed by atoms with van der Waals surface area (Å²) in [6.45, 7) is 0.0685. The molecular formula is C8H8O3S2. The first-order chi connectivity index (χ1) is 6.24. The van der Waals surface area contributed by atoms with Gasteiger partial charge in [-0.05, 0) is 6.07 Å². The van der Waals surface area contributed by atoms with Crippen molar-refractivity contribution < 1.29 is 14.6 Å². The van der Waals surface area contributed by atoms with E-state index in [4.69, 9.17) is 5.11 Å². The Kier molecular flexibility index (Phi) is 3.98. The minimum atomic E-state index is -1.26. The molecule has 1 aromatic rings. The molecule has 0 saturated carbocycles. The van der Waals surface area contributed by atoms with Crippen molar-refractivity contribution in [3.8, 4) is 0 Å². The maximum Gasteiger partial charge on any atom is 0.506 e. The molecule has 0 radical (unpaired) electrons. The van der Waals surface area contributed by atoms with Crippen molar-refractivity contribution >= 4 is 28.6 Å². The van der Waals surface area contributed by atoms with E-state index in [1.807, 2.05) is 24.3 Å². The molecule has 0 bridgehead atoms. The molecular weight excluding hydrogens is 208 g/mol. The van der Waals surface area contributed by atoms with Crippen LogP contribution in [0, 0.1) is 0 Å². The lowest BCUT2D eigenvalue weighted by Crippen LogP contribution is -2.00. The number of hydrogen-bond donors (Lipinski definition) is 2. The first-order valence-corrected chi connectivity index (χ1v) is 5.36. The number of carboxylic acid groups (broad SMARTS) is 1. The molecule has 1 aromatic carbocycles. The van der Waals surface area contributed by atoms with Crippen LogP contribution in [0.4, 0.5) is 4.79 Å². The van der Waals surface area contributed by atoms with Gasteiger partial charge in [0, 0.05) is 10.5 Å². The summed E-state index contributed by atoms with van der Waals surface area (Å²) in [4.78, 5) is 11.0. The van der Waals surface area contributed by atoms with Crippen LogP contribution in [0.15, 0.2) is 29.2 Å². The van der Waals surface area contributed by atoms with Crippen LogP contribution < -0.4 is 0 Å². The highest BCUT2D eigenvalue weighted by Crippen LogP contribution is 2.25. The van der Waals surface area contributed by atoms with Crippen molar-refractivity contribution in [2.24, 2.45) is 0 Å². The zero-order chi connectivity index (χ0) is 9.68. The molecule has 0 atom stereocenters. The molecule has 13 heavy (non-hydrogen) atoms. The summed E-state index contributed by atoms with van der Waals surface area (Å²) in [5.74, 6) is 0. The molecule has 0 aliphatic rings. The highest BCUT2D eigenvalue weighted by Gasteiger charge is 2.03. The van der Waals surface area contributed by atoms with Crippen LogP contribution in [0.1, 0.15) is 5.56 Å². The predicted molar refractivity (Wildman–Crippen MR) is 54.1 cm³/mol. The number of hydrogen-bond acceptors (Lipinski definition) is 4. The third kappa shape index (κ3) is 3.20. The lowest BCUT2D eigenvalue weighted by Gasteiger charge is -2.04. The number of rotatable bonds is 3. The van der Waals surface area contributed by atoms with Crippen LogP contribution in [0.25, 0.3) is 0 Å². The average molecular weight is 216 g/mol. The largest absolute Gasteiger partial charge is 0.506 e. The van der Waals surface area contributed by atoms with Crippen molar-refractivity contribution in [1.29, 1.82) is 0 Å². The number of benzene rings is 1. The van der Waals surface area contributed by atoms with Gasteiger partial charge in [0.1, 0.15) is 6.61 Å². The predicted octanol–water partition coefficient (Wildman–Crippen LogP) is 2.82. The maximum absolute atomic E-state index is 10.1. The lowest BCUT2D eigenvalue weighted by atomic mass is 10.2. The van der Waals surface area contributed by atoms with Gasteiger partial charge in [0.25, 0.3) is 0 Å². The molecule has 0 saturated heterocycles. The van der Waals surface area contributed by atoms with Gasteiger partial charge in [-0.3, -0.25) is 0 Å². The summed E-state index contributed by atoms with van der Waals surface area (Å²) < 4.78 is 4.44. The van der Waals surface area contributed by atoms with E-state index in [2.05, 4.69) is 16.4 Å². The fourth-order valence-corrected chi connectivity index (χ4v) is 1.77. The van der Waals surface area contributed by atoms with Crippen molar-refractivity contribution in [3.63, 3.8) is 0 Å². The van der Waals surface area contributed by atoms with Crippen LogP contribution in [0.3, 0.4) is 0 Å². The summed E-state index contributed by atoms with van der Waals surface area (Å²) in [5.41, 5.74) is 0.824. The smallest absolute Gasteiger partial charge is 0.450 e. The molecule has 0 aliphatic carbocycles. The molecule has 5 heteroatoms. The molecule has 0 amide bonds. The third-order valence-electron chi connectivity index (χ3n) is 1.42. The van der Waals surface area contributed by atoms with Gasteiger partial charge < -0.3 is 9.84 Å². The van der Waals surface area contributed by atoms with Gasteiger partial charge >= 0.3 is 6.16 Å². The summed E-state index contributed by atoms with van der Waals surface area (Å²) in [5, 5.41) is 8.29. The van der Waals surface area contributed by atoms with Crippen molar-refractivity contribution in [2.45, 2.75) is 11.5 Å². The van der Waals surface area contributed by atoms with Gasteiger partial charge in [0.05, 0.1) is 0 Å². The third-order valence-corrected chi connectivity index (χ3v) is 2.61. The Bertz CT molecular complexity index is 301. The van der Waals surface area contributed by atoms with Gasteiger partial charge in [-0.25, -0.2) is 4.79 Å². The van der Waals surface area contributed by atoms with Crippen LogP contribution in [-0.2, 0) is 11.3 Å². The van der Waals surface area contributed by atoms with Crippen LogP contribution in [-0.4, -0.2) is 11.3 Å². The summed E-state index contributed by atoms with van der Waals surface area (Å²) in [6, 6.07) is 7.36. The van der Waals surface area contributed by atoms with E-state index in [1.54, 1.807) is 0 Å². The molecule has 1 rings (SSSR count). The minimum absolute atomic E-state index is 0.0685. The molecule has 0 fully saturated rings. The second-order valence-corrected chi connectivity index (χ2v) is 3.42. The summed E-state index contributed by atoms with van der Waals surface area (Å²) in [6.07, 6.45) is -1.26. The number of carbonyl (C=O) groups is 1. The second kappa shape index (κ2) is 5.04. The van der Waals surface area contributed by atoms with Crippen LogP contribution in [0.2, 0.25) is 0 Å². The van der Waals surface area contributed by atoms with Gasteiger partial charge in [-0.15, -0.1) is 11.7 Å². The zero-order valence-electron chi connectivity index (χ0n) is 6.64. The molecule has 3 nitrogen and oxygen atoms in total. The van der Waals surface area contributed by atoms with E-state index in [1.165, 1.54) is 10.8 Å². The fourth-order valence-electron chi connectivity index (χ4n) is 0.852.